The second kappa shape index (κ2) is 6.38. The van der Waals surface area contributed by atoms with E-state index < -0.39 is 5.79 Å². The van der Waals surface area contributed by atoms with Crippen LogP contribution in [0.4, 0.5) is 0 Å². The number of hydrogen-bond acceptors (Lipinski definition) is 4. The van der Waals surface area contributed by atoms with Crippen molar-refractivity contribution in [3.8, 4) is 5.75 Å². The van der Waals surface area contributed by atoms with E-state index in [2.05, 4.69) is 0 Å². The van der Waals surface area contributed by atoms with Crippen LogP contribution in [0, 0.1) is 0 Å². The van der Waals surface area contributed by atoms with Crippen LogP contribution in [0.15, 0.2) is 42.5 Å². The summed E-state index contributed by atoms with van der Waals surface area (Å²) in [6.45, 7) is 1.64. The highest BCUT2D eigenvalue weighted by molar-refractivity contribution is 5.83. The topological polar surface area (TPSA) is 44.8 Å². The third kappa shape index (κ3) is 2.62. The second-order valence-corrected chi connectivity index (χ2v) is 6.20. The van der Waals surface area contributed by atoms with Gasteiger partial charge in [0.2, 0.25) is 0 Å². The molecule has 1 aliphatic heterocycles. The average Bonchev–Trinajstić information content (AvgIpc) is 3.09. The van der Waals surface area contributed by atoms with Gasteiger partial charge in [0.05, 0.1) is 18.8 Å². The van der Waals surface area contributed by atoms with Crippen molar-refractivity contribution >= 4 is 6.29 Å². The lowest BCUT2D eigenvalue weighted by Gasteiger charge is -2.34. The van der Waals surface area contributed by atoms with Crippen molar-refractivity contribution in [1.82, 2.24) is 0 Å². The lowest BCUT2D eigenvalue weighted by molar-refractivity contribution is -0.175. The lowest BCUT2D eigenvalue weighted by atomic mass is 9.83. The van der Waals surface area contributed by atoms with Crippen LogP contribution in [-0.2, 0) is 28.3 Å². The number of benzene rings is 2. The number of rotatable bonds is 4. The fourth-order valence-electron chi connectivity index (χ4n) is 3.65. The van der Waals surface area contributed by atoms with Gasteiger partial charge in [0.25, 0.3) is 0 Å². The van der Waals surface area contributed by atoms with Gasteiger partial charge >= 0.3 is 0 Å². The standard InChI is InChI=1S/C20H20O4/c21-13-17-16-7-4-10-20(23-11-12-24-20)18(16)8-9-19(17)22-14-15-5-2-1-3-6-15/h1-3,5-6,8-9,13H,4,7,10-12,14H2. The van der Waals surface area contributed by atoms with Crippen LogP contribution in [0.1, 0.15) is 39.9 Å². The molecule has 1 aliphatic carbocycles. The van der Waals surface area contributed by atoms with Crippen molar-refractivity contribution in [3.63, 3.8) is 0 Å². The average molecular weight is 324 g/mol. The van der Waals surface area contributed by atoms with Crippen molar-refractivity contribution in [2.75, 3.05) is 13.2 Å². The number of carbonyl (C=O) groups excluding carboxylic acids is 1. The number of ether oxygens (including phenoxy) is 3. The smallest absolute Gasteiger partial charge is 0.195 e. The molecule has 4 rings (SSSR count). The molecule has 4 nitrogen and oxygen atoms in total. The highest BCUT2D eigenvalue weighted by Crippen LogP contribution is 2.44. The lowest BCUT2D eigenvalue weighted by Crippen LogP contribution is -2.32. The Kier molecular flexibility index (Phi) is 4.08. The van der Waals surface area contributed by atoms with Gasteiger partial charge in [-0.25, -0.2) is 0 Å². The summed E-state index contributed by atoms with van der Waals surface area (Å²) in [5.41, 5.74) is 3.69. The largest absolute Gasteiger partial charge is 0.488 e. The molecule has 0 radical (unpaired) electrons. The Morgan fingerprint density at radius 3 is 2.62 bits per heavy atom. The maximum atomic E-state index is 11.8. The zero-order valence-electron chi connectivity index (χ0n) is 13.5. The summed E-state index contributed by atoms with van der Waals surface area (Å²) in [4.78, 5) is 11.8. The van der Waals surface area contributed by atoms with Crippen LogP contribution in [0.5, 0.6) is 5.75 Å². The second-order valence-electron chi connectivity index (χ2n) is 6.20. The van der Waals surface area contributed by atoms with Gasteiger partial charge < -0.3 is 14.2 Å². The minimum Gasteiger partial charge on any atom is -0.488 e. The SMILES string of the molecule is O=Cc1c(OCc2ccccc2)ccc2c1CCCC21OCCO1. The van der Waals surface area contributed by atoms with Gasteiger partial charge in [-0.3, -0.25) is 4.79 Å². The van der Waals surface area contributed by atoms with E-state index >= 15 is 0 Å². The maximum absolute atomic E-state index is 11.8. The number of aldehydes is 1. The Morgan fingerprint density at radius 1 is 1.08 bits per heavy atom. The van der Waals surface area contributed by atoms with Crippen LogP contribution in [0.2, 0.25) is 0 Å². The first-order valence-electron chi connectivity index (χ1n) is 8.38. The van der Waals surface area contributed by atoms with Crippen LogP contribution in [0.25, 0.3) is 0 Å². The van der Waals surface area contributed by atoms with E-state index in [-0.39, 0.29) is 0 Å². The normalized spacial score (nSPS) is 18.3. The van der Waals surface area contributed by atoms with E-state index in [1.165, 1.54) is 0 Å². The molecule has 0 aromatic heterocycles. The molecule has 0 atom stereocenters. The van der Waals surface area contributed by atoms with Gasteiger partial charge in [0, 0.05) is 12.0 Å². The first-order valence-corrected chi connectivity index (χ1v) is 8.38. The summed E-state index contributed by atoms with van der Waals surface area (Å²) in [7, 11) is 0. The van der Waals surface area contributed by atoms with Crippen LogP contribution in [0.3, 0.4) is 0 Å². The molecule has 0 N–H and O–H groups in total. The Hall–Kier alpha value is -2.17. The minimum atomic E-state index is -0.663. The summed E-state index contributed by atoms with van der Waals surface area (Å²) in [6, 6.07) is 13.8. The van der Waals surface area contributed by atoms with Gasteiger partial charge in [0.1, 0.15) is 12.4 Å². The van der Waals surface area contributed by atoms with Crippen LogP contribution >= 0.6 is 0 Å². The van der Waals surface area contributed by atoms with Gasteiger partial charge in [-0.1, -0.05) is 30.3 Å². The molecule has 2 aliphatic rings. The molecule has 0 amide bonds. The van der Waals surface area contributed by atoms with E-state index in [9.17, 15) is 4.79 Å². The van der Waals surface area contributed by atoms with E-state index in [1.54, 1.807) is 0 Å². The zero-order chi connectivity index (χ0) is 16.4. The molecule has 2 aromatic rings. The molecule has 1 heterocycles. The zero-order valence-corrected chi connectivity index (χ0v) is 13.5. The Labute approximate surface area is 141 Å². The predicted octanol–water partition coefficient (Wildman–Crippen LogP) is 3.61. The molecular formula is C20H20O4. The van der Waals surface area contributed by atoms with Gasteiger partial charge in [-0.05, 0) is 36.1 Å². The van der Waals surface area contributed by atoms with E-state index in [0.29, 0.717) is 31.1 Å². The van der Waals surface area contributed by atoms with Gasteiger partial charge in [0.15, 0.2) is 12.1 Å². The first kappa shape index (κ1) is 15.4. The van der Waals surface area contributed by atoms with Gasteiger partial charge in [-0.15, -0.1) is 0 Å². The van der Waals surface area contributed by atoms with Crippen molar-refractivity contribution in [1.29, 1.82) is 0 Å². The molecule has 0 bridgehead atoms. The first-order chi connectivity index (χ1) is 11.8. The number of hydrogen-bond donors (Lipinski definition) is 0. The third-order valence-electron chi connectivity index (χ3n) is 4.77. The molecule has 0 saturated carbocycles. The van der Waals surface area contributed by atoms with Crippen molar-refractivity contribution < 1.29 is 19.0 Å². The van der Waals surface area contributed by atoms with E-state index in [0.717, 1.165) is 42.2 Å². The molecule has 124 valence electrons. The van der Waals surface area contributed by atoms with Crippen molar-refractivity contribution in [2.24, 2.45) is 0 Å². The number of carbonyl (C=O) groups is 1. The predicted molar refractivity (Wildman–Crippen MR) is 89.1 cm³/mol. The van der Waals surface area contributed by atoms with E-state index in [4.69, 9.17) is 14.2 Å². The molecule has 24 heavy (non-hydrogen) atoms. The minimum absolute atomic E-state index is 0.443. The summed E-state index contributed by atoms with van der Waals surface area (Å²) in [5.74, 6) is -0.0359. The van der Waals surface area contributed by atoms with Crippen LogP contribution < -0.4 is 4.74 Å². The summed E-state index contributed by atoms with van der Waals surface area (Å²) >= 11 is 0. The quantitative estimate of drug-likeness (QED) is 0.806. The molecule has 1 saturated heterocycles. The summed E-state index contributed by atoms with van der Waals surface area (Å²) in [5, 5.41) is 0. The Balaban J connectivity index is 1.66. The van der Waals surface area contributed by atoms with Crippen molar-refractivity contribution in [3.05, 3.63) is 64.7 Å². The molecule has 0 unspecified atom stereocenters. The molecule has 4 heteroatoms. The number of fused-ring (bicyclic) bond motifs is 2. The Bertz CT molecular complexity index is 733. The highest BCUT2D eigenvalue weighted by Gasteiger charge is 2.43. The molecule has 2 aromatic carbocycles. The fraction of sp³-hybridized carbons (Fsp3) is 0.350. The maximum Gasteiger partial charge on any atom is 0.195 e. The molecule has 1 spiro atoms. The highest BCUT2D eigenvalue weighted by atomic mass is 16.7. The monoisotopic (exact) mass is 324 g/mol. The molecule has 1 fully saturated rings. The molecular weight excluding hydrogens is 304 g/mol. The van der Waals surface area contributed by atoms with Crippen molar-refractivity contribution in [2.45, 2.75) is 31.7 Å². The summed E-state index contributed by atoms with van der Waals surface area (Å²) in [6.07, 6.45) is 3.52. The van der Waals surface area contributed by atoms with E-state index in [1.807, 2.05) is 42.5 Å². The third-order valence-corrected chi connectivity index (χ3v) is 4.77. The van der Waals surface area contributed by atoms with Crippen LogP contribution in [-0.4, -0.2) is 19.5 Å². The Morgan fingerprint density at radius 2 is 1.88 bits per heavy atom. The summed E-state index contributed by atoms with van der Waals surface area (Å²) < 4.78 is 17.7. The fourth-order valence-corrected chi connectivity index (χ4v) is 3.65. The van der Waals surface area contributed by atoms with Gasteiger partial charge in [-0.2, -0.15) is 0 Å².